The first-order valence-electron chi connectivity index (χ1n) is 13.8. The Bertz CT molecular complexity index is 819. The second-order valence-corrected chi connectivity index (χ2v) is 13.1. The molecule has 4 aliphatic carbocycles. The van der Waals surface area contributed by atoms with E-state index in [2.05, 4.69) is 34.6 Å². The quantitative estimate of drug-likeness (QED) is 0.364. The molecule has 0 radical (unpaired) electrons. The van der Waals surface area contributed by atoms with E-state index in [1.807, 2.05) is 0 Å². The third-order valence-electron chi connectivity index (χ3n) is 10.6. The Balaban J connectivity index is 1.65. The maximum absolute atomic E-state index is 12.4. The summed E-state index contributed by atoms with van der Waals surface area (Å²) in [6, 6.07) is 0. The van der Waals surface area contributed by atoms with Crippen molar-refractivity contribution < 1.29 is 24.9 Å². The number of carbonyl (C=O) groups excluding carboxylic acids is 1. The fraction of sp³-hybridized carbons (Fsp3) is 0.897. The van der Waals surface area contributed by atoms with E-state index in [0.717, 1.165) is 36.8 Å². The molecular weight excluding hydrogens is 428 g/mol. The van der Waals surface area contributed by atoms with E-state index in [1.54, 1.807) is 0 Å². The van der Waals surface area contributed by atoms with Gasteiger partial charge in [-0.25, -0.2) is 0 Å². The van der Waals surface area contributed by atoms with Crippen LogP contribution in [0.3, 0.4) is 0 Å². The van der Waals surface area contributed by atoms with Crippen LogP contribution in [0, 0.1) is 34.5 Å². The molecule has 0 spiro atoms. The third kappa shape index (κ3) is 3.98. The van der Waals surface area contributed by atoms with Crippen molar-refractivity contribution in [2.45, 2.75) is 130 Å². The van der Waals surface area contributed by atoms with E-state index in [-0.39, 0.29) is 23.4 Å². The second-order valence-electron chi connectivity index (χ2n) is 13.1. The predicted molar refractivity (Wildman–Crippen MR) is 133 cm³/mol. The summed E-state index contributed by atoms with van der Waals surface area (Å²) in [4.78, 5) is 11.5. The highest BCUT2D eigenvalue weighted by Crippen LogP contribution is 2.67. The molecule has 194 valence electrons. The number of aliphatic hydroxyl groups excluding tert-OH is 2. The van der Waals surface area contributed by atoms with Crippen LogP contribution in [-0.4, -0.2) is 45.2 Å². The van der Waals surface area contributed by atoms with Crippen LogP contribution in [0.1, 0.15) is 106 Å². The number of aliphatic hydroxyl groups is 3. The molecule has 5 heteroatoms. The average Bonchev–Trinajstić information content (AvgIpc) is 2.99. The molecule has 3 saturated carbocycles. The predicted octanol–water partition coefficient (Wildman–Crippen LogP) is 5.16. The van der Waals surface area contributed by atoms with E-state index in [4.69, 9.17) is 4.74 Å². The summed E-state index contributed by atoms with van der Waals surface area (Å²) in [7, 11) is 0. The highest BCUT2D eigenvalue weighted by atomic mass is 16.5. The molecule has 3 fully saturated rings. The summed E-state index contributed by atoms with van der Waals surface area (Å²) in [6.45, 7) is 12.7. The molecule has 34 heavy (non-hydrogen) atoms. The summed E-state index contributed by atoms with van der Waals surface area (Å²) < 4.78 is 5.54. The minimum atomic E-state index is -1.32. The van der Waals surface area contributed by atoms with Crippen molar-refractivity contribution in [3.8, 4) is 0 Å². The largest absolute Gasteiger partial charge is 0.463 e. The molecule has 3 N–H and O–H groups in total. The number of ether oxygens (including phenoxy) is 1. The van der Waals surface area contributed by atoms with E-state index < -0.39 is 23.2 Å². The summed E-state index contributed by atoms with van der Waals surface area (Å²) in [5, 5.41) is 35.4. The van der Waals surface area contributed by atoms with Crippen LogP contribution >= 0.6 is 0 Å². The summed E-state index contributed by atoms with van der Waals surface area (Å²) in [5.41, 5.74) is -0.0879. The maximum atomic E-state index is 12.4. The molecule has 0 aliphatic heterocycles. The SMILES string of the molecule is CC(=O)O[C@H]1CC[C@@]2(C)C(CCC3=C4[C@@H](O)C[C@H]([C@H](C)CCCC(C)C)[C@@]4(C)C[C@@H](O)[C@@]32O)C1. The molecule has 0 aromatic heterocycles. The van der Waals surface area contributed by atoms with Crippen molar-refractivity contribution in [2.75, 3.05) is 0 Å². The van der Waals surface area contributed by atoms with Gasteiger partial charge in [0.1, 0.15) is 11.7 Å². The average molecular weight is 477 g/mol. The van der Waals surface area contributed by atoms with Gasteiger partial charge in [0.05, 0.1) is 12.2 Å². The van der Waals surface area contributed by atoms with Gasteiger partial charge in [-0.15, -0.1) is 0 Å². The minimum absolute atomic E-state index is 0.104. The second kappa shape index (κ2) is 9.19. The van der Waals surface area contributed by atoms with Gasteiger partial charge in [-0.05, 0) is 85.2 Å². The Morgan fingerprint density at radius 3 is 2.47 bits per heavy atom. The lowest BCUT2D eigenvalue weighted by Gasteiger charge is -2.62. The Labute approximate surface area is 206 Å². The van der Waals surface area contributed by atoms with Crippen molar-refractivity contribution in [3.05, 3.63) is 11.1 Å². The molecule has 0 bridgehead atoms. The van der Waals surface area contributed by atoms with Crippen LogP contribution in [0.5, 0.6) is 0 Å². The molecule has 1 unspecified atom stereocenters. The number of hydrogen-bond donors (Lipinski definition) is 3. The van der Waals surface area contributed by atoms with E-state index >= 15 is 0 Å². The molecule has 0 amide bonds. The monoisotopic (exact) mass is 476 g/mol. The van der Waals surface area contributed by atoms with Gasteiger partial charge >= 0.3 is 5.97 Å². The van der Waals surface area contributed by atoms with E-state index in [1.165, 1.54) is 19.8 Å². The fourth-order valence-electron chi connectivity index (χ4n) is 8.88. The lowest BCUT2D eigenvalue weighted by Crippen LogP contribution is -2.66. The Kier molecular flexibility index (Phi) is 7.07. The normalized spacial score (nSPS) is 44.9. The van der Waals surface area contributed by atoms with Crippen LogP contribution in [0.15, 0.2) is 11.1 Å². The zero-order valence-electron chi connectivity index (χ0n) is 22.3. The molecule has 0 aromatic carbocycles. The van der Waals surface area contributed by atoms with Gasteiger partial charge in [0.2, 0.25) is 0 Å². The molecule has 0 heterocycles. The number of fused-ring (bicyclic) bond motifs is 4. The van der Waals surface area contributed by atoms with Crippen molar-refractivity contribution in [1.82, 2.24) is 0 Å². The lowest BCUT2D eigenvalue weighted by molar-refractivity contribution is -0.204. The van der Waals surface area contributed by atoms with Crippen LogP contribution in [-0.2, 0) is 9.53 Å². The molecule has 4 aliphatic rings. The van der Waals surface area contributed by atoms with Crippen LogP contribution < -0.4 is 0 Å². The maximum Gasteiger partial charge on any atom is 0.302 e. The van der Waals surface area contributed by atoms with Gasteiger partial charge < -0.3 is 20.1 Å². The Hall–Kier alpha value is -0.910. The van der Waals surface area contributed by atoms with Crippen LogP contribution in [0.25, 0.3) is 0 Å². The molecule has 9 atom stereocenters. The zero-order chi connectivity index (χ0) is 25.1. The highest BCUT2D eigenvalue weighted by Gasteiger charge is 2.67. The van der Waals surface area contributed by atoms with Gasteiger partial charge in [-0.1, -0.05) is 53.9 Å². The first kappa shape index (κ1) is 26.2. The standard InChI is InChI=1S/C29H48O5/c1-17(2)8-7-9-18(3)23-15-24(31)26-22-11-10-20-14-21(34-19(4)30)12-13-28(20,6)29(22,33)25(32)16-27(23,26)5/h17-18,20-21,23-25,31-33H,7-16H2,1-6H3/t18-,20?,21+,23-,24+,25-,27-,28+,29+/m1/s1. The minimum Gasteiger partial charge on any atom is -0.463 e. The molecule has 5 nitrogen and oxygen atoms in total. The lowest BCUT2D eigenvalue weighted by atomic mass is 9.45. The van der Waals surface area contributed by atoms with Crippen LogP contribution in [0.2, 0.25) is 0 Å². The molecule has 0 saturated heterocycles. The fourth-order valence-corrected chi connectivity index (χ4v) is 8.88. The Morgan fingerprint density at radius 2 is 1.82 bits per heavy atom. The van der Waals surface area contributed by atoms with Gasteiger partial charge in [0, 0.05) is 12.3 Å². The molecular formula is C29H48O5. The topological polar surface area (TPSA) is 87.0 Å². The summed E-state index contributed by atoms with van der Waals surface area (Å²) in [5.74, 6) is 1.43. The zero-order valence-corrected chi connectivity index (χ0v) is 22.3. The van der Waals surface area contributed by atoms with Crippen molar-refractivity contribution in [1.29, 1.82) is 0 Å². The summed E-state index contributed by atoms with van der Waals surface area (Å²) in [6.07, 6.45) is 7.09. The first-order chi connectivity index (χ1) is 15.8. The number of esters is 1. The van der Waals surface area contributed by atoms with Gasteiger partial charge in [-0.3, -0.25) is 4.79 Å². The highest BCUT2D eigenvalue weighted by molar-refractivity contribution is 5.66. The van der Waals surface area contributed by atoms with Crippen molar-refractivity contribution >= 4 is 5.97 Å². The van der Waals surface area contributed by atoms with Crippen LogP contribution in [0.4, 0.5) is 0 Å². The van der Waals surface area contributed by atoms with Gasteiger partial charge in [-0.2, -0.15) is 0 Å². The smallest absolute Gasteiger partial charge is 0.302 e. The Morgan fingerprint density at radius 1 is 1.12 bits per heavy atom. The van der Waals surface area contributed by atoms with E-state index in [9.17, 15) is 20.1 Å². The summed E-state index contributed by atoms with van der Waals surface area (Å²) >= 11 is 0. The molecule has 0 aromatic rings. The van der Waals surface area contributed by atoms with E-state index in [0.29, 0.717) is 43.4 Å². The number of carbonyl (C=O) groups is 1. The van der Waals surface area contributed by atoms with Crippen molar-refractivity contribution in [3.63, 3.8) is 0 Å². The molecule has 4 rings (SSSR count). The number of rotatable bonds is 6. The van der Waals surface area contributed by atoms with Crippen molar-refractivity contribution in [2.24, 2.45) is 34.5 Å². The third-order valence-corrected chi connectivity index (χ3v) is 10.6. The number of hydrogen-bond acceptors (Lipinski definition) is 5. The van der Waals surface area contributed by atoms with Gasteiger partial charge in [0.15, 0.2) is 0 Å². The van der Waals surface area contributed by atoms with Gasteiger partial charge in [0.25, 0.3) is 0 Å². The first-order valence-corrected chi connectivity index (χ1v) is 13.8.